The highest BCUT2D eigenvalue weighted by molar-refractivity contribution is 5.43. The van der Waals surface area contributed by atoms with E-state index >= 15 is 0 Å². The van der Waals surface area contributed by atoms with Crippen LogP contribution in [0.5, 0.6) is 0 Å². The Morgan fingerprint density at radius 2 is 1.56 bits per heavy atom. The molecule has 18 heavy (non-hydrogen) atoms. The molecule has 0 atom stereocenters. The summed E-state index contributed by atoms with van der Waals surface area (Å²) in [5, 5.41) is 3.24. The summed E-state index contributed by atoms with van der Waals surface area (Å²) in [5.74, 6) is -0.218. The Morgan fingerprint density at radius 1 is 0.944 bits per heavy atom. The zero-order chi connectivity index (χ0) is 12.8. The van der Waals surface area contributed by atoms with Crippen molar-refractivity contribution in [3.63, 3.8) is 0 Å². The van der Waals surface area contributed by atoms with Gasteiger partial charge in [-0.15, -0.1) is 0 Å². The summed E-state index contributed by atoms with van der Waals surface area (Å²) >= 11 is 0. The molecule has 0 aromatic heterocycles. The van der Waals surface area contributed by atoms with Crippen LogP contribution in [-0.2, 0) is 17.9 Å². The Morgan fingerprint density at radius 3 is 2.17 bits per heavy atom. The second-order valence-electron chi connectivity index (χ2n) is 4.11. The predicted molar refractivity (Wildman–Crippen MR) is 70.9 cm³/mol. The molecule has 0 aliphatic heterocycles. The molecule has 2 rings (SSSR count). The van der Waals surface area contributed by atoms with E-state index < -0.39 is 0 Å². The Balaban J connectivity index is 1.91. The van der Waals surface area contributed by atoms with Crippen molar-refractivity contribution in [2.75, 3.05) is 12.4 Å². The second-order valence-corrected chi connectivity index (χ2v) is 4.11. The number of anilines is 1. The van der Waals surface area contributed by atoms with Gasteiger partial charge in [-0.25, -0.2) is 4.39 Å². The quantitative estimate of drug-likeness (QED) is 0.869. The summed E-state index contributed by atoms with van der Waals surface area (Å²) < 4.78 is 17.8. The zero-order valence-corrected chi connectivity index (χ0v) is 10.3. The Labute approximate surface area is 106 Å². The van der Waals surface area contributed by atoms with Gasteiger partial charge in [0.2, 0.25) is 0 Å². The molecular weight excluding hydrogens is 229 g/mol. The van der Waals surface area contributed by atoms with Crippen LogP contribution in [0.25, 0.3) is 0 Å². The molecule has 0 spiro atoms. The normalized spacial score (nSPS) is 10.3. The first-order chi connectivity index (χ1) is 8.78. The molecule has 0 heterocycles. The minimum Gasteiger partial charge on any atom is -0.381 e. The van der Waals surface area contributed by atoms with Gasteiger partial charge in [0.1, 0.15) is 5.82 Å². The molecule has 0 amide bonds. The number of halogens is 1. The van der Waals surface area contributed by atoms with Crippen molar-refractivity contribution in [2.45, 2.75) is 13.2 Å². The maximum atomic E-state index is 12.7. The molecule has 1 N–H and O–H groups in total. The van der Waals surface area contributed by atoms with Crippen LogP contribution in [0.3, 0.4) is 0 Å². The average Bonchev–Trinajstić information content (AvgIpc) is 2.40. The Bertz CT molecular complexity index is 479. The lowest BCUT2D eigenvalue weighted by Crippen LogP contribution is -1.99. The van der Waals surface area contributed by atoms with Gasteiger partial charge in [-0.05, 0) is 35.4 Å². The second kappa shape index (κ2) is 6.17. The van der Waals surface area contributed by atoms with Crippen LogP contribution in [0.4, 0.5) is 10.1 Å². The van der Waals surface area contributed by atoms with Crippen molar-refractivity contribution < 1.29 is 9.13 Å². The molecule has 94 valence electrons. The first-order valence-electron chi connectivity index (χ1n) is 5.84. The van der Waals surface area contributed by atoms with E-state index in [2.05, 4.69) is 17.4 Å². The number of benzene rings is 2. The first kappa shape index (κ1) is 12.6. The highest BCUT2D eigenvalue weighted by atomic mass is 19.1. The van der Waals surface area contributed by atoms with Gasteiger partial charge < -0.3 is 10.1 Å². The van der Waals surface area contributed by atoms with Crippen LogP contribution < -0.4 is 5.32 Å². The van der Waals surface area contributed by atoms with Crippen LogP contribution in [0.15, 0.2) is 48.5 Å². The number of methoxy groups -OCH3 is 1. The van der Waals surface area contributed by atoms with Gasteiger partial charge in [0.05, 0.1) is 6.61 Å². The smallest absolute Gasteiger partial charge is 0.123 e. The van der Waals surface area contributed by atoms with E-state index in [1.165, 1.54) is 17.7 Å². The fraction of sp³-hybridized carbons (Fsp3) is 0.200. The van der Waals surface area contributed by atoms with Gasteiger partial charge >= 0.3 is 0 Å². The van der Waals surface area contributed by atoms with E-state index in [0.29, 0.717) is 6.61 Å². The highest BCUT2D eigenvalue weighted by Crippen LogP contribution is 2.11. The maximum absolute atomic E-state index is 12.7. The van der Waals surface area contributed by atoms with Crippen LogP contribution in [-0.4, -0.2) is 7.11 Å². The molecule has 0 radical (unpaired) electrons. The summed E-state index contributed by atoms with van der Waals surface area (Å²) in [7, 11) is 1.68. The average molecular weight is 245 g/mol. The van der Waals surface area contributed by atoms with Crippen molar-refractivity contribution in [3.05, 3.63) is 65.5 Å². The van der Waals surface area contributed by atoms with Gasteiger partial charge in [-0.3, -0.25) is 0 Å². The molecule has 0 aliphatic carbocycles. The summed E-state index contributed by atoms with van der Waals surface area (Å²) in [4.78, 5) is 0. The number of hydrogen-bond acceptors (Lipinski definition) is 2. The lowest BCUT2D eigenvalue weighted by Gasteiger charge is -2.07. The third-order valence-corrected chi connectivity index (χ3v) is 2.67. The lowest BCUT2D eigenvalue weighted by atomic mass is 10.1. The fourth-order valence-corrected chi connectivity index (χ4v) is 1.69. The molecule has 0 saturated heterocycles. The minimum absolute atomic E-state index is 0.218. The van der Waals surface area contributed by atoms with Gasteiger partial charge in [0, 0.05) is 19.3 Å². The summed E-state index contributed by atoms with van der Waals surface area (Å²) in [5.41, 5.74) is 3.25. The minimum atomic E-state index is -0.218. The van der Waals surface area contributed by atoms with E-state index in [9.17, 15) is 4.39 Å². The van der Waals surface area contributed by atoms with Gasteiger partial charge in [-0.1, -0.05) is 24.3 Å². The zero-order valence-electron chi connectivity index (χ0n) is 10.3. The molecule has 0 aliphatic rings. The van der Waals surface area contributed by atoms with E-state index in [-0.39, 0.29) is 5.82 Å². The molecule has 0 fully saturated rings. The van der Waals surface area contributed by atoms with Gasteiger partial charge in [0.15, 0.2) is 0 Å². The number of hydrogen-bond donors (Lipinski definition) is 1. The van der Waals surface area contributed by atoms with Crippen molar-refractivity contribution in [1.82, 2.24) is 0 Å². The van der Waals surface area contributed by atoms with Crippen molar-refractivity contribution in [2.24, 2.45) is 0 Å². The SMILES string of the molecule is COCc1ccc(CNc2ccc(F)cc2)cc1. The predicted octanol–water partition coefficient (Wildman–Crippen LogP) is 3.58. The highest BCUT2D eigenvalue weighted by Gasteiger charge is 1.96. The molecule has 3 heteroatoms. The first-order valence-corrected chi connectivity index (χ1v) is 5.84. The summed E-state index contributed by atoms with van der Waals surface area (Å²) in [6.07, 6.45) is 0. The van der Waals surface area contributed by atoms with Crippen LogP contribution in [0.2, 0.25) is 0 Å². The molecule has 0 bridgehead atoms. The van der Waals surface area contributed by atoms with E-state index in [4.69, 9.17) is 4.74 Å². The monoisotopic (exact) mass is 245 g/mol. The largest absolute Gasteiger partial charge is 0.381 e. The van der Waals surface area contributed by atoms with E-state index in [1.54, 1.807) is 19.2 Å². The molecule has 2 nitrogen and oxygen atoms in total. The van der Waals surface area contributed by atoms with Crippen LogP contribution in [0.1, 0.15) is 11.1 Å². The topological polar surface area (TPSA) is 21.3 Å². The van der Waals surface area contributed by atoms with Crippen molar-refractivity contribution >= 4 is 5.69 Å². The number of nitrogens with one attached hydrogen (secondary N) is 1. The third kappa shape index (κ3) is 3.57. The van der Waals surface area contributed by atoms with Crippen LogP contribution in [0, 0.1) is 5.82 Å². The standard InChI is InChI=1S/C15H16FNO/c1-18-11-13-4-2-12(3-5-13)10-17-15-8-6-14(16)7-9-15/h2-9,17H,10-11H2,1H3. The summed E-state index contributed by atoms with van der Waals surface area (Å²) in [6.45, 7) is 1.35. The molecule has 2 aromatic carbocycles. The lowest BCUT2D eigenvalue weighted by molar-refractivity contribution is 0.185. The third-order valence-electron chi connectivity index (χ3n) is 2.67. The number of rotatable bonds is 5. The Hall–Kier alpha value is -1.87. The van der Waals surface area contributed by atoms with E-state index in [1.807, 2.05) is 12.1 Å². The fourth-order valence-electron chi connectivity index (χ4n) is 1.69. The molecule has 0 saturated carbocycles. The Kier molecular flexibility index (Phi) is 4.31. The molecule has 2 aromatic rings. The van der Waals surface area contributed by atoms with Gasteiger partial charge in [0.25, 0.3) is 0 Å². The van der Waals surface area contributed by atoms with Gasteiger partial charge in [-0.2, -0.15) is 0 Å². The maximum Gasteiger partial charge on any atom is 0.123 e. The van der Waals surface area contributed by atoms with Crippen molar-refractivity contribution in [3.8, 4) is 0 Å². The molecule has 0 unspecified atom stereocenters. The molecular formula is C15H16FNO. The van der Waals surface area contributed by atoms with Crippen LogP contribution >= 0.6 is 0 Å². The van der Waals surface area contributed by atoms with Crippen molar-refractivity contribution in [1.29, 1.82) is 0 Å². The summed E-state index contributed by atoms with van der Waals surface area (Å²) in [6, 6.07) is 14.6. The number of ether oxygens (including phenoxy) is 1. The van der Waals surface area contributed by atoms with E-state index in [0.717, 1.165) is 17.8 Å².